The second-order valence-corrected chi connectivity index (χ2v) is 11.3. The number of hydrogen-bond acceptors (Lipinski definition) is 9. The first-order valence-corrected chi connectivity index (χ1v) is 14.9. The number of nitrogens with zero attached hydrogens (tertiary/aromatic N) is 1. The van der Waals surface area contributed by atoms with Gasteiger partial charge in [0.25, 0.3) is 21.9 Å². The van der Waals surface area contributed by atoms with Gasteiger partial charge in [-0.3, -0.25) is 33.4 Å². The summed E-state index contributed by atoms with van der Waals surface area (Å²) in [7, 11) is -4.53. The lowest BCUT2D eigenvalue weighted by molar-refractivity contribution is -0.151. The summed E-state index contributed by atoms with van der Waals surface area (Å²) in [6.07, 6.45) is 3.69. The van der Waals surface area contributed by atoms with E-state index >= 15 is 0 Å². The minimum absolute atomic E-state index is 0.0406. The minimum atomic E-state index is -4.53. The van der Waals surface area contributed by atoms with E-state index in [1.165, 1.54) is 24.3 Å². The van der Waals surface area contributed by atoms with Crippen LogP contribution in [-0.2, 0) is 38.8 Å². The smallest absolute Gasteiger partial charge is 0.312 e. The second kappa shape index (κ2) is 14.7. The molecule has 1 atom stereocenters. The summed E-state index contributed by atoms with van der Waals surface area (Å²) in [6, 6.07) is 2.94. The van der Waals surface area contributed by atoms with E-state index in [-0.39, 0.29) is 64.2 Å². The number of rotatable bonds is 16. The van der Waals surface area contributed by atoms with E-state index in [2.05, 4.69) is 21.3 Å². The zero-order chi connectivity index (χ0) is 31.6. The molecule has 7 amide bonds. The fourth-order valence-corrected chi connectivity index (χ4v) is 4.98. The lowest BCUT2D eigenvalue weighted by atomic mass is 9.67. The average molecular weight is 623 g/mol. The molecule has 1 aromatic rings. The van der Waals surface area contributed by atoms with Gasteiger partial charge in [-0.2, -0.15) is 8.42 Å². The molecule has 1 saturated carbocycles. The Morgan fingerprint density at radius 2 is 1.72 bits per heavy atom. The first-order chi connectivity index (χ1) is 20.3. The van der Waals surface area contributed by atoms with Crippen LogP contribution in [-0.4, -0.2) is 92.3 Å². The minimum Gasteiger partial charge on any atom is -0.378 e. The fourth-order valence-electron chi connectivity index (χ4n) is 4.45. The summed E-state index contributed by atoms with van der Waals surface area (Å²) in [6.45, 7) is 0.350. The molecule has 43 heavy (non-hydrogen) atoms. The van der Waals surface area contributed by atoms with Gasteiger partial charge in [-0.25, -0.2) is 4.79 Å². The third-order valence-electron chi connectivity index (χ3n) is 6.96. The van der Waals surface area contributed by atoms with E-state index in [4.69, 9.17) is 10.5 Å². The van der Waals surface area contributed by atoms with E-state index in [9.17, 15) is 41.7 Å². The fraction of sp³-hybridized carbons (Fsp3) is 0.462. The summed E-state index contributed by atoms with van der Waals surface area (Å²) in [4.78, 5) is 74.2. The maximum atomic E-state index is 13.4. The van der Waals surface area contributed by atoms with Gasteiger partial charge in [-0.15, -0.1) is 0 Å². The Morgan fingerprint density at radius 1 is 1.02 bits per heavy atom. The van der Waals surface area contributed by atoms with Gasteiger partial charge in [0.15, 0.2) is 0 Å². The van der Waals surface area contributed by atoms with Crippen molar-refractivity contribution < 1.29 is 46.5 Å². The lowest BCUT2D eigenvalue weighted by Gasteiger charge is -2.39. The van der Waals surface area contributed by atoms with Gasteiger partial charge >= 0.3 is 6.03 Å². The number of nitrogens with two attached hydrogens (primary N) is 1. The second-order valence-electron chi connectivity index (χ2n) is 9.92. The van der Waals surface area contributed by atoms with Crippen molar-refractivity contribution in [2.45, 2.75) is 43.0 Å². The van der Waals surface area contributed by atoms with Crippen LogP contribution in [0.4, 0.5) is 10.5 Å². The van der Waals surface area contributed by atoms with Crippen molar-refractivity contribution in [1.29, 1.82) is 0 Å². The molecule has 16 nitrogen and oxygen atoms in total. The predicted molar refractivity (Wildman–Crippen MR) is 150 cm³/mol. The molecule has 0 unspecified atom stereocenters. The van der Waals surface area contributed by atoms with Crippen molar-refractivity contribution in [1.82, 2.24) is 20.9 Å². The molecule has 0 radical (unpaired) electrons. The van der Waals surface area contributed by atoms with Crippen LogP contribution in [0.3, 0.4) is 0 Å². The number of imide groups is 1. The maximum absolute atomic E-state index is 13.4. The van der Waals surface area contributed by atoms with Crippen LogP contribution in [0.5, 0.6) is 0 Å². The maximum Gasteiger partial charge on any atom is 0.312 e. The number of ether oxygens (including phenoxy) is 1. The average Bonchev–Trinajstić information content (AvgIpc) is 3.23. The number of anilines is 1. The summed E-state index contributed by atoms with van der Waals surface area (Å²) >= 11 is 0. The SMILES string of the molecule is NC(=O)NCCC[C@H](NC(=O)C1(C(=O)NCCOCCN2C(=O)C=CC2=O)CCC1)C(=O)Nc1cccc(S(=O)(=O)O)c1. The van der Waals surface area contributed by atoms with E-state index in [0.717, 1.165) is 17.0 Å². The van der Waals surface area contributed by atoms with Crippen molar-refractivity contribution in [3.05, 3.63) is 36.4 Å². The highest BCUT2D eigenvalue weighted by Crippen LogP contribution is 2.41. The molecule has 1 fully saturated rings. The van der Waals surface area contributed by atoms with Crippen LogP contribution >= 0.6 is 0 Å². The van der Waals surface area contributed by atoms with Crippen molar-refractivity contribution in [2.75, 3.05) is 38.2 Å². The highest BCUT2D eigenvalue weighted by Gasteiger charge is 2.51. The third-order valence-corrected chi connectivity index (χ3v) is 7.81. The molecule has 0 bridgehead atoms. The Bertz CT molecular complexity index is 1370. The molecule has 1 aliphatic heterocycles. The molecular weight excluding hydrogens is 588 g/mol. The monoisotopic (exact) mass is 622 g/mol. The topological polar surface area (TPSA) is 243 Å². The van der Waals surface area contributed by atoms with Gasteiger partial charge in [0.1, 0.15) is 11.5 Å². The molecule has 0 aromatic heterocycles. The van der Waals surface area contributed by atoms with Crippen LogP contribution in [0.25, 0.3) is 0 Å². The normalized spacial score (nSPS) is 16.3. The van der Waals surface area contributed by atoms with Gasteiger partial charge in [0.2, 0.25) is 17.7 Å². The van der Waals surface area contributed by atoms with Gasteiger partial charge in [0, 0.05) is 30.9 Å². The van der Waals surface area contributed by atoms with Crippen LogP contribution < -0.4 is 27.0 Å². The van der Waals surface area contributed by atoms with E-state index in [1.807, 2.05) is 0 Å². The standard InChI is InChI=1S/C26H34N6O10S/c27-25(38)29-11-2-6-19(22(35)30-17-4-1-5-18(16-17)43(39,40)41)31-24(37)26(9-3-10-26)23(36)28-12-14-42-15-13-32-20(33)7-8-21(32)34/h1,4-5,7-8,16,19H,2-3,6,9-15H2,(H,28,36)(H,30,35)(H,31,37)(H3,27,29,38)(H,39,40,41)/t19-/m0/s1. The highest BCUT2D eigenvalue weighted by molar-refractivity contribution is 7.85. The number of benzene rings is 1. The van der Waals surface area contributed by atoms with Gasteiger partial charge in [-0.1, -0.05) is 12.5 Å². The zero-order valence-electron chi connectivity index (χ0n) is 23.2. The van der Waals surface area contributed by atoms with Crippen molar-refractivity contribution in [2.24, 2.45) is 11.1 Å². The Hall–Kier alpha value is -4.35. The Morgan fingerprint density at radius 3 is 2.33 bits per heavy atom. The molecule has 1 aromatic carbocycles. The molecule has 17 heteroatoms. The number of carbonyl (C=O) groups is 6. The van der Waals surface area contributed by atoms with Crippen molar-refractivity contribution in [3.63, 3.8) is 0 Å². The molecule has 1 heterocycles. The highest BCUT2D eigenvalue weighted by atomic mass is 32.2. The van der Waals surface area contributed by atoms with E-state index in [1.54, 1.807) is 0 Å². The molecule has 1 aliphatic carbocycles. The summed E-state index contributed by atoms with van der Waals surface area (Å²) < 4.78 is 37.6. The van der Waals surface area contributed by atoms with Crippen LogP contribution in [0.2, 0.25) is 0 Å². The summed E-state index contributed by atoms with van der Waals surface area (Å²) in [5.74, 6) is -2.80. The molecule has 3 rings (SSSR count). The van der Waals surface area contributed by atoms with Gasteiger partial charge in [-0.05, 0) is 43.9 Å². The number of hydrogen-bond donors (Lipinski definition) is 6. The Kier molecular flexibility index (Phi) is 11.3. The zero-order valence-corrected chi connectivity index (χ0v) is 24.0. The molecule has 234 valence electrons. The van der Waals surface area contributed by atoms with Crippen molar-refractivity contribution >= 4 is 51.4 Å². The van der Waals surface area contributed by atoms with Gasteiger partial charge in [0.05, 0.1) is 24.7 Å². The third kappa shape index (κ3) is 9.07. The van der Waals surface area contributed by atoms with E-state index in [0.29, 0.717) is 6.42 Å². The van der Waals surface area contributed by atoms with Crippen LogP contribution in [0, 0.1) is 5.41 Å². The summed E-state index contributed by atoms with van der Waals surface area (Å²) in [5, 5.41) is 10.1. The molecule has 0 saturated heterocycles. The molecular formula is C26H34N6O10S. The quantitative estimate of drug-likeness (QED) is 0.0570. The van der Waals surface area contributed by atoms with Crippen LogP contribution in [0.15, 0.2) is 41.3 Å². The Labute approximate surface area is 247 Å². The first kappa shape index (κ1) is 33.2. The molecule has 7 N–H and O–H groups in total. The molecule has 2 aliphatic rings. The van der Waals surface area contributed by atoms with Crippen molar-refractivity contribution in [3.8, 4) is 0 Å². The van der Waals surface area contributed by atoms with Gasteiger partial charge < -0.3 is 31.7 Å². The van der Waals surface area contributed by atoms with Crippen LogP contribution in [0.1, 0.15) is 32.1 Å². The molecule has 0 spiro atoms. The predicted octanol–water partition coefficient (Wildman–Crippen LogP) is -0.967. The lowest BCUT2D eigenvalue weighted by Crippen LogP contribution is -2.58. The summed E-state index contributed by atoms with van der Waals surface area (Å²) in [5.41, 5.74) is 3.69. The number of carbonyl (C=O) groups excluding carboxylic acids is 6. The number of urea groups is 1. The van der Waals surface area contributed by atoms with E-state index < -0.39 is 62.0 Å². The Balaban J connectivity index is 1.57. The number of amides is 7. The first-order valence-electron chi connectivity index (χ1n) is 13.5. The number of nitrogens with one attached hydrogen (secondary N) is 4. The number of primary amides is 1. The largest absolute Gasteiger partial charge is 0.378 e.